The van der Waals surface area contributed by atoms with E-state index in [-0.39, 0.29) is 19.4 Å². The van der Waals surface area contributed by atoms with Crippen molar-refractivity contribution < 1.29 is 47.8 Å². The van der Waals surface area contributed by atoms with Crippen LogP contribution in [0.3, 0.4) is 0 Å². The molecule has 0 amide bonds. The first-order valence-electron chi connectivity index (χ1n) is 18.8. The summed E-state index contributed by atoms with van der Waals surface area (Å²) in [4.78, 5) is 34.8. The van der Waals surface area contributed by atoms with Crippen molar-refractivity contribution in [1.29, 1.82) is 0 Å². The first-order valence-corrected chi connectivity index (χ1v) is 20.3. The molecule has 10 nitrogen and oxygen atoms in total. The van der Waals surface area contributed by atoms with Crippen LogP contribution in [0.2, 0.25) is 0 Å². The third-order valence-corrected chi connectivity index (χ3v) is 8.45. The second kappa shape index (κ2) is 35.1. The second-order valence-corrected chi connectivity index (χ2v) is 13.8. The minimum absolute atomic E-state index is 0.133. The van der Waals surface area contributed by atoms with Gasteiger partial charge in [-0.3, -0.25) is 18.6 Å². The van der Waals surface area contributed by atoms with Gasteiger partial charge in [0.1, 0.15) is 12.7 Å². The molecule has 288 valence electrons. The summed E-state index contributed by atoms with van der Waals surface area (Å²) in [6.07, 6.45) is 36.3. The Balaban J connectivity index is 4.48. The molecule has 0 spiro atoms. The van der Waals surface area contributed by atoms with Gasteiger partial charge in [-0.05, 0) is 57.8 Å². The van der Waals surface area contributed by atoms with Crippen molar-refractivity contribution in [2.75, 3.05) is 26.4 Å². The van der Waals surface area contributed by atoms with Gasteiger partial charge in [-0.1, -0.05) is 126 Å². The highest BCUT2D eigenvalue weighted by Gasteiger charge is 2.27. The number of hydrogen-bond donors (Lipinski definition) is 3. The predicted octanol–water partition coefficient (Wildman–Crippen LogP) is 9.16. The Labute approximate surface area is 302 Å². The van der Waals surface area contributed by atoms with Gasteiger partial charge in [-0.2, -0.15) is 0 Å². The molecule has 2 unspecified atom stereocenters. The third kappa shape index (κ3) is 34.1. The van der Waals surface area contributed by atoms with Crippen molar-refractivity contribution in [2.45, 2.75) is 148 Å². The van der Waals surface area contributed by atoms with Gasteiger partial charge in [-0.25, -0.2) is 4.57 Å². The Morgan fingerprint density at radius 2 is 1.12 bits per heavy atom. The lowest BCUT2D eigenvalue weighted by molar-refractivity contribution is -0.161. The predicted molar refractivity (Wildman–Crippen MR) is 200 cm³/mol. The van der Waals surface area contributed by atoms with Gasteiger partial charge in [0.2, 0.25) is 0 Å². The van der Waals surface area contributed by atoms with Crippen LogP contribution in [-0.2, 0) is 32.7 Å². The molecule has 3 atom stereocenters. The summed E-state index contributed by atoms with van der Waals surface area (Å²) < 4.78 is 32.5. The van der Waals surface area contributed by atoms with Crippen LogP contribution in [0, 0.1) is 0 Å². The number of unbranched alkanes of at least 4 members (excludes halogenated alkanes) is 13. The Morgan fingerprint density at radius 1 is 0.620 bits per heavy atom. The Kier molecular flexibility index (Phi) is 33.5. The lowest BCUT2D eigenvalue weighted by atomic mass is 10.1. The molecule has 0 aliphatic rings. The van der Waals surface area contributed by atoms with E-state index in [1.54, 1.807) is 0 Å². The van der Waals surface area contributed by atoms with Gasteiger partial charge in [0.25, 0.3) is 0 Å². The Hall–Kier alpha value is -2.33. The molecule has 0 radical (unpaired) electrons. The number of ether oxygens (including phenoxy) is 2. The van der Waals surface area contributed by atoms with Crippen LogP contribution in [-0.4, -0.2) is 65.7 Å². The molecule has 0 aromatic rings. The summed E-state index contributed by atoms with van der Waals surface area (Å²) in [7, 11) is -4.63. The maximum absolute atomic E-state index is 12.5. The largest absolute Gasteiger partial charge is 0.472 e. The minimum Gasteiger partial charge on any atom is -0.462 e. The number of carbonyl (C=O) groups excluding carboxylic acids is 2. The zero-order valence-electron chi connectivity index (χ0n) is 30.8. The molecular formula is C39H67O10P. The molecular weight excluding hydrogens is 659 g/mol. The average molecular weight is 727 g/mol. The minimum atomic E-state index is -4.63. The summed E-state index contributed by atoms with van der Waals surface area (Å²) in [5.74, 6) is -0.997. The van der Waals surface area contributed by atoms with Gasteiger partial charge in [0.05, 0.1) is 19.8 Å². The smallest absolute Gasteiger partial charge is 0.462 e. The maximum atomic E-state index is 12.5. The summed E-state index contributed by atoms with van der Waals surface area (Å²) in [6, 6.07) is 0. The lowest BCUT2D eigenvalue weighted by Gasteiger charge is -2.20. The van der Waals surface area contributed by atoms with Crippen LogP contribution in [0.5, 0.6) is 0 Å². The topological polar surface area (TPSA) is 149 Å². The van der Waals surface area contributed by atoms with Gasteiger partial charge in [0, 0.05) is 12.8 Å². The first-order chi connectivity index (χ1) is 24.2. The highest BCUT2D eigenvalue weighted by Crippen LogP contribution is 2.43. The molecule has 0 aromatic heterocycles. The zero-order valence-corrected chi connectivity index (χ0v) is 31.7. The van der Waals surface area contributed by atoms with E-state index in [1.165, 1.54) is 44.9 Å². The molecule has 0 aromatic carbocycles. The van der Waals surface area contributed by atoms with Crippen molar-refractivity contribution in [2.24, 2.45) is 0 Å². The number of phosphoric acid groups is 1. The Bertz CT molecular complexity index is 1020. The SMILES string of the molecule is CC/C=C/C=C/C=C/C=C/CCCCCC(=O)OC(COC(=O)CCCCC/C=C/CCCCCCCCC)COP(=O)(O)OC[C@@H](O)CO. The van der Waals surface area contributed by atoms with E-state index in [0.717, 1.165) is 51.4 Å². The second-order valence-electron chi connectivity index (χ2n) is 12.3. The maximum Gasteiger partial charge on any atom is 0.472 e. The van der Waals surface area contributed by atoms with E-state index in [1.807, 2.05) is 36.5 Å². The molecule has 0 heterocycles. The molecule has 0 saturated carbocycles. The monoisotopic (exact) mass is 726 g/mol. The van der Waals surface area contributed by atoms with Gasteiger partial charge in [0.15, 0.2) is 6.10 Å². The van der Waals surface area contributed by atoms with E-state index in [4.69, 9.17) is 19.1 Å². The normalized spacial score (nSPS) is 14.7. The number of rotatable bonds is 34. The van der Waals surface area contributed by atoms with Gasteiger partial charge >= 0.3 is 19.8 Å². The standard InChI is InChI=1S/C39H67O10P/c1-3-5-7-9-11-13-15-17-19-20-22-24-26-28-30-38(42)46-34-37(35-48-50(44,45)47-33-36(41)32-40)49-39(43)31-29-27-25-23-21-18-16-14-12-10-8-6-4-2/h6,8,10,12,14,16,18-21,36-37,40-41H,3-5,7,9,11,13,15,17,22-35H2,1-2H3,(H,44,45)/b8-6+,12-10+,16-14+,20-19+,21-18+/t36-,37?/m0/s1. The molecule has 3 N–H and O–H groups in total. The third-order valence-electron chi connectivity index (χ3n) is 7.50. The highest BCUT2D eigenvalue weighted by atomic mass is 31.2. The first kappa shape index (κ1) is 47.7. The molecule has 0 bridgehead atoms. The molecule has 0 saturated heterocycles. The van der Waals surface area contributed by atoms with Crippen molar-refractivity contribution in [3.05, 3.63) is 60.8 Å². The number of aliphatic hydroxyl groups excluding tert-OH is 2. The van der Waals surface area contributed by atoms with Crippen LogP contribution in [0.4, 0.5) is 0 Å². The van der Waals surface area contributed by atoms with Crippen LogP contribution in [0.1, 0.15) is 136 Å². The highest BCUT2D eigenvalue weighted by molar-refractivity contribution is 7.47. The summed E-state index contributed by atoms with van der Waals surface area (Å²) in [5, 5.41) is 18.3. The van der Waals surface area contributed by atoms with Gasteiger partial charge < -0.3 is 24.6 Å². The fourth-order valence-corrected chi connectivity index (χ4v) is 5.37. The molecule has 0 aliphatic carbocycles. The molecule has 50 heavy (non-hydrogen) atoms. The number of aliphatic hydroxyl groups is 2. The molecule has 0 fully saturated rings. The van der Waals surface area contributed by atoms with Crippen LogP contribution >= 0.6 is 7.82 Å². The van der Waals surface area contributed by atoms with Crippen LogP contribution in [0.15, 0.2) is 60.8 Å². The molecule has 0 aliphatic heterocycles. The molecule has 11 heteroatoms. The summed E-state index contributed by atoms with van der Waals surface area (Å²) >= 11 is 0. The average Bonchev–Trinajstić information content (AvgIpc) is 3.10. The van der Waals surface area contributed by atoms with E-state index in [0.29, 0.717) is 12.8 Å². The zero-order chi connectivity index (χ0) is 37.0. The van der Waals surface area contributed by atoms with Crippen molar-refractivity contribution in [1.82, 2.24) is 0 Å². The fourth-order valence-electron chi connectivity index (χ4n) is 4.58. The van der Waals surface area contributed by atoms with Crippen molar-refractivity contribution in [3.63, 3.8) is 0 Å². The fraction of sp³-hybridized carbons (Fsp3) is 0.692. The van der Waals surface area contributed by atoms with Crippen LogP contribution in [0.25, 0.3) is 0 Å². The van der Waals surface area contributed by atoms with Crippen molar-refractivity contribution in [3.8, 4) is 0 Å². The number of hydrogen-bond acceptors (Lipinski definition) is 9. The quantitative estimate of drug-likeness (QED) is 0.0193. The van der Waals surface area contributed by atoms with Crippen molar-refractivity contribution >= 4 is 19.8 Å². The molecule has 0 rings (SSSR count). The van der Waals surface area contributed by atoms with Crippen LogP contribution < -0.4 is 0 Å². The summed E-state index contributed by atoms with van der Waals surface area (Å²) in [6.45, 7) is 2.13. The van der Waals surface area contributed by atoms with E-state index in [2.05, 4.69) is 42.7 Å². The lowest BCUT2D eigenvalue weighted by Crippen LogP contribution is -2.29. The van der Waals surface area contributed by atoms with E-state index < -0.39 is 51.8 Å². The Morgan fingerprint density at radius 3 is 1.72 bits per heavy atom. The summed E-state index contributed by atoms with van der Waals surface area (Å²) in [5.41, 5.74) is 0. The number of allylic oxidation sites excluding steroid dienone is 10. The number of phosphoric ester groups is 1. The number of esters is 2. The van der Waals surface area contributed by atoms with E-state index in [9.17, 15) is 24.2 Å². The van der Waals surface area contributed by atoms with E-state index >= 15 is 0 Å². The number of carbonyl (C=O) groups is 2. The van der Waals surface area contributed by atoms with Gasteiger partial charge in [-0.15, -0.1) is 0 Å².